The third-order valence-corrected chi connectivity index (χ3v) is 9.29. The number of halogens is 2. The Labute approximate surface area is 286 Å². The maximum absolute atomic E-state index is 13.4. The SMILES string of the molecule is N[C@H](CCCCNC(=O)CNC(=O)COc1ccc([C@@H]2[C@@H](SCC(O)c3ccc(Cl)cc3)C(=O)N2c2ccc(Cl)cc2)cc1)C(=O)O. The summed E-state index contributed by atoms with van der Waals surface area (Å²) in [6.07, 6.45) is 0.652. The highest BCUT2D eigenvalue weighted by Gasteiger charge is 2.49. The van der Waals surface area contributed by atoms with Crippen LogP contribution in [0.2, 0.25) is 10.0 Å². The number of nitrogens with two attached hydrogens (primary N) is 1. The minimum Gasteiger partial charge on any atom is -0.484 e. The second-order valence-electron chi connectivity index (χ2n) is 10.9. The maximum Gasteiger partial charge on any atom is 0.320 e. The molecular formula is C33H36Cl2N4O7S. The zero-order chi connectivity index (χ0) is 33.9. The second-order valence-corrected chi connectivity index (χ2v) is 12.9. The lowest BCUT2D eigenvalue weighted by Crippen LogP contribution is -2.57. The van der Waals surface area contributed by atoms with E-state index in [9.17, 15) is 24.3 Å². The molecule has 0 bridgehead atoms. The quantitative estimate of drug-likeness (QED) is 0.103. The molecule has 11 nitrogen and oxygen atoms in total. The Bertz CT molecular complexity index is 1530. The molecule has 3 amide bonds. The van der Waals surface area contributed by atoms with E-state index in [-0.39, 0.29) is 31.0 Å². The van der Waals surface area contributed by atoms with E-state index in [0.29, 0.717) is 58.6 Å². The second kappa shape index (κ2) is 17.4. The predicted octanol–water partition coefficient (Wildman–Crippen LogP) is 4.11. The number of thioether (sulfide) groups is 1. The third kappa shape index (κ3) is 10.3. The number of β-lactam (4-membered cyclic amide) rings is 1. The van der Waals surface area contributed by atoms with Crippen molar-refractivity contribution in [1.82, 2.24) is 10.6 Å². The van der Waals surface area contributed by atoms with Crippen LogP contribution in [0.5, 0.6) is 5.75 Å². The number of amides is 3. The van der Waals surface area contributed by atoms with Crippen molar-refractivity contribution in [2.45, 2.75) is 42.7 Å². The average Bonchev–Trinajstić information content (AvgIpc) is 3.06. The minimum atomic E-state index is -1.06. The molecule has 1 unspecified atom stereocenters. The van der Waals surface area contributed by atoms with Crippen molar-refractivity contribution in [2.75, 3.05) is 30.3 Å². The summed E-state index contributed by atoms with van der Waals surface area (Å²) in [5.41, 5.74) is 7.70. The molecule has 0 saturated carbocycles. The van der Waals surface area contributed by atoms with Crippen molar-refractivity contribution < 1.29 is 34.1 Å². The number of nitrogens with zero attached hydrogens (tertiary/aromatic N) is 1. The summed E-state index contributed by atoms with van der Waals surface area (Å²) >= 11 is 13.4. The van der Waals surface area contributed by atoms with Gasteiger partial charge >= 0.3 is 5.97 Å². The number of carbonyl (C=O) groups excluding carboxylic acids is 3. The lowest BCUT2D eigenvalue weighted by Gasteiger charge is -2.47. The molecule has 1 aliphatic heterocycles. The van der Waals surface area contributed by atoms with Crippen molar-refractivity contribution in [1.29, 1.82) is 0 Å². The Morgan fingerprint density at radius 2 is 1.55 bits per heavy atom. The lowest BCUT2D eigenvalue weighted by molar-refractivity contribution is -0.138. The molecule has 47 heavy (non-hydrogen) atoms. The number of nitrogens with one attached hydrogen (secondary N) is 2. The van der Waals surface area contributed by atoms with E-state index < -0.39 is 29.3 Å². The summed E-state index contributed by atoms with van der Waals surface area (Å²) in [7, 11) is 0. The average molecular weight is 704 g/mol. The molecule has 0 aromatic heterocycles. The van der Waals surface area contributed by atoms with Gasteiger partial charge in [0.2, 0.25) is 11.8 Å². The van der Waals surface area contributed by atoms with Crippen LogP contribution < -0.4 is 26.0 Å². The lowest BCUT2D eigenvalue weighted by atomic mass is 9.92. The summed E-state index contributed by atoms with van der Waals surface area (Å²) in [6, 6.07) is 19.8. The van der Waals surface area contributed by atoms with Gasteiger partial charge in [0.1, 0.15) is 17.0 Å². The van der Waals surface area contributed by atoms with E-state index in [0.717, 1.165) is 5.56 Å². The summed E-state index contributed by atoms with van der Waals surface area (Å²) in [6.45, 7) is -0.189. The van der Waals surface area contributed by atoms with Gasteiger partial charge in [-0.15, -0.1) is 11.8 Å². The van der Waals surface area contributed by atoms with E-state index >= 15 is 0 Å². The zero-order valence-electron chi connectivity index (χ0n) is 25.3. The summed E-state index contributed by atoms with van der Waals surface area (Å²) < 4.78 is 5.60. The molecule has 4 atom stereocenters. The van der Waals surface area contributed by atoms with Gasteiger partial charge in [0.15, 0.2) is 6.61 Å². The van der Waals surface area contributed by atoms with Crippen LogP contribution in [0.15, 0.2) is 72.8 Å². The fourth-order valence-electron chi connectivity index (χ4n) is 4.86. The van der Waals surface area contributed by atoms with Crippen LogP contribution >= 0.6 is 35.0 Å². The van der Waals surface area contributed by atoms with E-state index in [4.69, 9.17) is 38.8 Å². The topological polar surface area (TPSA) is 171 Å². The van der Waals surface area contributed by atoms with Crippen LogP contribution in [-0.4, -0.2) is 70.6 Å². The summed E-state index contributed by atoms with van der Waals surface area (Å²) in [5, 5.41) is 25.4. The Kier molecular flexibility index (Phi) is 13.3. The first-order chi connectivity index (χ1) is 22.5. The molecule has 3 aromatic carbocycles. The largest absolute Gasteiger partial charge is 0.484 e. The van der Waals surface area contributed by atoms with Crippen LogP contribution in [0.1, 0.15) is 42.5 Å². The van der Waals surface area contributed by atoms with Crippen molar-refractivity contribution in [2.24, 2.45) is 5.73 Å². The fourth-order valence-corrected chi connectivity index (χ4v) is 6.41. The Hall–Kier alpha value is -3.81. The van der Waals surface area contributed by atoms with Gasteiger partial charge in [-0.3, -0.25) is 19.2 Å². The van der Waals surface area contributed by atoms with Gasteiger partial charge < -0.3 is 36.2 Å². The van der Waals surface area contributed by atoms with E-state index in [1.54, 1.807) is 65.6 Å². The molecule has 1 fully saturated rings. The molecule has 1 aliphatic rings. The zero-order valence-corrected chi connectivity index (χ0v) is 27.6. The molecule has 0 spiro atoms. The van der Waals surface area contributed by atoms with Crippen LogP contribution in [-0.2, 0) is 19.2 Å². The van der Waals surface area contributed by atoms with Crippen molar-refractivity contribution >= 4 is 64.3 Å². The van der Waals surface area contributed by atoms with Gasteiger partial charge in [-0.05, 0) is 78.9 Å². The number of hydrogen-bond acceptors (Lipinski definition) is 8. The normalized spacial score (nSPS) is 16.9. The van der Waals surface area contributed by atoms with Gasteiger partial charge in [0.25, 0.3) is 5.91 Å². The third-order valence-electron chi connectivity index (χ3n) is 7.46. The molecule has 1 heterocycles. The number of aliphatic hydroxyl groups excluding tert-OH is 1. The number of carbonyl (C=O) groups is 4. The van der Waals surface area contributed by atoms with Gasteiger partial charge in [0.05, 0.1) is 18.7 Å². The van der Waals surface area contributed by atoms with Gasteiger partial charge in [-0.25, -0.2) is 0 Å². The molecule has 0 aliphatic carbocycles. The number of benzene rings is 3. The van der Waals surface area contributed by atoms with Crippen molar-refractivity contribution in [3.63, 3.8) is 0 Å². The highest BCUT2D eigenvalue weighted by molar-refractivity contribution is 8.00. The number of aliphatic carboxylic acids is 1. The van der Waals surface area contributed by atoms with Crippen LogP contribution in [0, 0.1) is 0 Å². The molecular weight excluding hydrogens is 667 g/mol. The Morgan fingerprint density at radius 1 is 0.915 bits per heavy atom. The number of anilines is 1. The van der Waals surface area contributed by atoms with Crippen LogP contribution in [0.3, 0.4) is 0 Å². The van der Waals surface area contributed by atoms with Gasteiger partial charge in [0, 0.05) is 28.0 Å². The van der Waals surface area contributed by atoms with E-state index in [1.807, 2.05) is 12.1 Å². The van der Waals surface area contributed by atoms with Crippen LogP contribution in [0.4, 0.5) is 5.69 Å². The molecule has 4 rings (SSSR count). The maximum atomic E-state index is 13.4. The van der Waals surface area contributed by atoms with Gasteiger partial charge in [-0.2, -0.15) is 0 Å². The monoisotopic (exact) mass is 702 g/mol. The summed E-state index contributed by atoms with van der Waals surface area (Å²) in [4.78, 5) is 50.0. The molecule has 6 N–H and O–H groups in total. The highest BCUT2D eigenvalue weighted by Crippen LogP contribution is 2.46. The number of carboxylic acid groups (broad SMARTS) is 1. The Morgan fingerprint density at radius 3 is 2.19 bits per heavy atom. The summed E-state index contributed by atoms with van der Waals surface area (Å²) in [5.74, 6) is -1.27. The van der Waals surface area contributed by atoms with E-state index in [2.05, 4.69) is 10.6 Å². The van der Waals surface area contributed by atoms with Gasteiger partial charge in [-0.1, -0.05) is 47.5 Å². The Balaban J connectivity index is 1.29. The first kappa shape index (κ1) is 36.0. The number of unbranched alkanes of at least 4 members (excludes halogenated alkanes) is 1. The number of ether oxygens (including phenoxy) is 1. The van der Waals surface area contributed by atoms with Crippen molar-refractivity contribution in [3.8, 4) is 5.75 Å². The smallest absolute Gasteiger partial charge is 0.320 e. The van der Waals surface area contributed by atoms with Crippen LogP contribution in [0.25, 0.3) is 0 Å². The number of rotatable bonds is 17. The van der Waals surface area contributed by atoms with Crippen molar-refractivity contribution in [3.05, 3.63) is 94.0 Å². The number of aliphatic hydroxyl groups is 1. The standard InChI is InChI=1S/C33H36Cl2N4O7S/c34-22-8-4-20(5-9-22)27(40)19-47-31-30(39(32(31)43)24-12-10-23(35)11-13-24)21-6-14-25(15-7-21)46-18-29(42)38-17-28(41)37-16-2-1-3-26(36)33(44)45/h4-15,26-27,30-31,40H,1-3,16-19,36H2,(H,37,41)(H,38,42)(H,44,45)/t26-,27?,30-,31-/m1/s1. The first-order valence-corrected chi connectivity index (χ1v) is 16.7. The molecule has 1 saturated heterocycles. The predicted molar refractivity (Wildman–Crippen MR) is 182 cm³/mol. The molecule has 14 heteroatoms. The number of carboxylic acids is 1. The first-order valence-electron chi connectivity index (χ1n) is 14.9. The molecule has 3 aromatic rings. The molecule has 250 valence electrons. The fraction of sp³-hybridized carbons (Fsp3) is 0.333. The van der Waals surface area contributed by atoms with E-state index in [1.165, 1.54) is 11.8 Å². The molecule has 0 radical (unpaired) electrons. The number of hydrogen-bond donors (Lipinski definition) is 5. The minimum absolute atomic E-state index is 0.0888. The highest BCUT2D eigenvalue weighted by atomic mass is 35.5.